The van der Waals surface area contributed by atoms with E-state index in [2.05, 4.69) is 10.6 Å². The van der Waals surface area contributed by atoms with Crippen LogP contribution in [0.2, 0.25) is 0 Å². The van der Waals surface area contributed by atoms with E-state index in [-0.39, 0.29) is 24.1 Å². The summed E-state index contributed by atoms with van der Waals surface area (Å²) in [6.45, 7) is 4.73. The lowest BCUT2D eigenvalue weighted by atomic mass is 10.00. The van der Waals surface area contributed by atoms with Gasteiger partial charge in [-0.1, -0.05) is 48.9 Å². The highest BCUT2D eigenvalue weighted by atomic mass is 16.6. The van der Waals surface area contributed by atoms with Crippen LogP contribution >= 0.6 is 0 Å². The SMILES string of the molecule is CCCNC(=O)C1C(c2ccc(NC(=O)c3ccco3)cc2)OC(=O)N1Cc1ccc(C)cc1. The van der Waals surface area contributed by atoms with Crippen LogP contribution in [-0.4, -0.2) is 35.4 Å². The number of carbonyl (C=O) groups excluding carboxylic acids is 3. The number of hydrogen-bond acceptors (Lipinski definition) is 5. The van der Waals surface area contributed by atoms with Gasteiger partial charge in [-0.05, 0) is 48.7 Å². The van der Waals surface area contributed by atoms with Gasteiger partial charge in [0.05, 0.1) is 12.8 Å². The predicted molar refractivity (Wildman–Crippen MR) is 126 cm³/mol. The Morgan fingerprint density at radius 2 is 1.76 bits per heavy atom. The fourth-order valence-corrected chi connectivity index (χ4v) is 3.81. The first-order valence-corrected chi connectivity index (χ1v) is 11.2. The van der Waals surface area contributed by atoms with Gasteiger partial charge < -0.3 is 19.8 Å². The zero-order chi connectivity index (χ0) is 24.1. The standard InChI is InChI=1S/C26H27N3O5/c1-3-14-27-25(31)22-23(34-26(32)29(22)16-18-8-6-17(2)7-9-18)19-10-12-20(13-11-19)28-24(30)21-5-4-15-33-21/h4-13,15,22-23H,3,14,16H2,1-2H3,(H,27,31)(H,28,30). The number of furan rings is 1. The molecule has 3 aromatic rings. The third kappa shape index (κ3) is 5.11. The van der Waals surface area contributed by atoms with Crippen LogP contribution in [-0.2, 0) is 16.1 Å². The average molecular weight is 462 g/mol. The molecule has 8 nitrogen and oxygen atoms in total. The molecule has 0 radical (unpaired) electrons. The average Bonchev–Trinajstić information content (AvgIpc) is 3.48. The Morgan fingerprint density at radius 1 is 1.03 bits per heavy atom. The summed E-state index contributed by atoms with van der Waals surface area (Å²) in [6.07, 6.45) is 0.889. The highest BCUT2D eigenvalue weighted by Gasteiger charge is 2.46. The molecule has 34 heavy (non-hydrogen) atoms. The van der Waals surface area contributed by atoms with E-state index in [9.17, 15) is 14.4 Å². The Morgan fingerprint density at radius 3 is 2.41 bits per heavy atom. The first-order chi connectivity index (χ1) is 16.5. The number of hydrogen-bond donors (Lipinski definition) is 2. The Labute approximate surface area is 197 Å². The van der Waals surface area contributed by atoms with Crippen LogP contribution in [0.3, 0.4) is 0 Å². The van der Waals surface area contributed by atoms with Crippen molar-refractivity contribution in [2.45, 2.75) is 39.0 Å². The van der Waals surface area contributed by atoms with Gasteiger partial charge in [0.25, 0.3) is 5.91 Å². The second-order valence-corrected chi connectivity index (χ2v) is 8.21. The van der Waals surface area contributed by atoms with Crippen molar-refractivity contribution in [2.24, 2.45) is 0 Å². The summed E-state index contributed by atoms with van der Waals surface area (Å²) in [4.78, 5) is 39.6. The number of rotatable bonds is 8. The molecule has 1 aliphatic heterocycles. The Kier molecular flexibility index (Phi) is 6.96. The van der Waals surface area contributed by atoms with Crippen LogP contribution in [0.4, 0.5) is 10.5 Å². The second-order valence-electron chi connectivity index (χ2n) is 8.21. The first-order valence-electron chi connectivity index (χ1n) is 11.2. The summed E-state index contributed by atoms with van der Waals surface area (Å²) < 4.78 is 10.8. The van der Waals surface area contributed by atoms with Crippen molar-refractivity contribution in [1.29, 1.82) is 0 Å². The summed E-state index contributed by atoms with van der Waals surface area (Å²) in [5.74, 6) is -0.431. The van der Waals surface area contributed by atoms with E-state index in [0.717, 1.165) is 17.5 Å². The van der Waals surface area contributed by atoms with Crippen molar-refractivity contribution in [3.05, 3.63) is 89.4 Å². The van der Waals surface area contributed by atoms with Crippen LogP contribution in [0.5, 0.6) is 0 Å². The van der Waals surface area contributed by atoms with Gasteiger partial charge in [-0.2, -0.15) is 0 Å². The van der Waals surface area contributed by atoms with E-state index in [0.29, 0.717) is 17.8 Å². The molecule has 1 fully saturated rings. The van der Waals surface area contributed by atoms with E-state index in [1.165, 1.54) is 11.2 Å². The van der Waals surface area contributed by atoms with E-state index >= 15 is 0 Å². The third-order valence-corrected chi connectivity index (χ3v) is 5.62. The summed E-state index contributed by atoms with van der Waals surface area (Å²) in [5, 5.41) is 5.64. The maximum absolute atomic E-state index is 13.1. The lowest BCUT2D eigenvalue weighted by Crippen LogP contribution is -2.46. The van der Waals surface area contributed by atoms with E-state index in [1.807, 2.05) is 38.1 Å². The molecule has 0 saturated carbocycles. The van der Waals surface area contributed by atoms with Crippen LogP contribution in [0.25, 0.3) is 0 Å². The Balaban J connectivity index is 1.54. The normalized spacial score (nSPS) is 17.4. The highest BCUT2D eigenvalue weighted by Crippen LogP contribution is 2.34. The van der Waals surface area contributed by atoms with Gasteiger partial charge in [0, 0.05) is 12.2 Å². The molecule has 0 aliphatic carbocycles. The number of benzene rings is 2. The molecule has 2 heterocycles. The molecule has 3 amide bonds. The third-order valence-electron chi connectivity index (χ3n) is 5.62. The number of amides is 3. The van der Waals surface area contributed by atoms with Gasteiger partial charge in [-0.3, -0.25) is 14.5 Å². The fraction of sp³-hybridized carbons (Fsp3) is 0.269. The highest BCUT2D eigenvalue weighted by molar-refractivity contribution is 6.02. The Hall–Kier alpha value is -4.07. The zero-order valence-electron chi connectivity index (χ0n) is 19.1. The minimum absolute atomic E-state index is 0.202. The maximum Gasteiger partial charge on any atom is 0.411 e. The number of nitrogens with zero attached hydrogens (tertiary/aromatic N) is 1. The molecular formula is C26H27N3O5. The number of cyclic esters (lactones) is 1. The molecular weight excluding hydrogens is 434 g/mol. The molecule has 1 aromatic heterocycles. The molecule has 2 unspecified atom stereocenters. The monoisotopic (exact) mass is 461 g/mol. The quantitative estimate of drug-likeness (QED) is 0.517. The smallest absolute Gasteiger partial charge is 0.411 e. The second kappa shape index (κ2) is 10.2. The largest absolute Gasteiger partial charge is 0.459 e. The van der Waals surface area contributed by atoms with Crippen molar-refractivity contribution >= 4 is 23.6 Å². The van der Waals surface area contributed by atoms with Crippen LogP contribution in [0, 0.1) is 6.92 Å². The number of ether oxygens (including phenoxy) is 1. The Bertz CT molecular complexity index is 1140. The molecule has 4 rings (SSSR count). The van der Waals surface area contributed by atoms with Gasteiger partial charge in [0.15, 0.2) is 17.9 Å². The van der Waals surface area contributed by atoms with Crippen LogP contribution in [0.15, 0.2) is 71.3 Å². The van der Waals surface area contributed by atoms with E-state index in [1.54, 1.807) is 36.4 Å². The molecule has 2 aromatic carbocycles. The molecule has 8 heteroatoms. The lowest BCUT2D eigenvalue weighted by Gasteiger charge is -2.24. The van der Waals surface area contributed by atoms with Gasteiger partial charge >= 0.3 is 6.09 Å². The van der Waals surface area contributed by atoms with Crippen molar-refractivity contribution in [1.82, 2.24) is 10.2 Å². The number of nitrogens with one attached hydrogen (secondary N) is 2. The molecule has 2 N–H and O–H groups in total. The number of carbonyl (C=O) groups is 3. The van der Waals surface area contributed by atoms with Crippen molar-refractivity contribution < 1.29 is 23.5 Å². The first kappa shape index (κ1) is 23.1. The van der Waals surface area contributed by atoms with Crippen LogP contribution < -0.4 is 10.6 Å². The molecule has 176 valence electrons. The van der Waals surface area contributed by atoms with Gasteiger partial charge in [-0.25, -0.2) is 4.79 Å². The van der Waals surface area contributed by atoms with Crippen molar-refractivity contribution in [2.75, 3.05) is 11.9 Å². The summed E-state index contributed by atoms with van der Waals surface area (Å²) in [5.41, 5.74) is 3.24. The van der Waals surface area contributed by atoms with E-state index < -0.39 is 18.2 Å². The van der Waals surface area contributed by atoms with Crippen molar-refractivity contribution in [3.8, 4) is 0 Å². The summed E-state index contributed by atoms with van der Waals surface area (Å²) in [6, 6.07) is 17.1. The predicted octanol–water partition coefficient (Wildman–Crippen LogP) is 4.43. The lowest BCUT2D eigenvalue weighted by molar-refractivity contribution is -0.126. The summed E-state index contributed by atoms with van der Waals surface area (Å²) >= 11 is 0. The van der Waals surface area contributed by atoms with Gasteiger partial charge in [-0.15, -0.1) is 0 Å². The minimum atomic E-state index is -0.816. The number of aryl methyl sites for hydroxylation is 1. The fourth-order valence-electron chi connectivity index (χ4n) is 3.81. The molecule has 1 saturated heterocycles. The van der Waals surface area contributed by atoms with Gasteiger partial charge in [0.2, 0.25) is 5.91 Å². The van der Waals surface area contributed by atoms with Crippen LogP contribution in [0.1, 0.15) is 46.7 Å². The summed E-state index contributed by atoms with van der Waals surface area (Å²) in [7, 11) is 0. The topological polar surface area (TPSA) is 101 Å². The molecule has 0 spiro atoms. The maximum atomic E-state index is 13.1. The van der Waals surface area contributed by atoms with E-state index in [4.69, 9.17) is 9.15 Å². The minimum Gasteiger partial charge on any atom is -0.459 e. The molecule has 0 bridgehead atoms. The number of anilines is 1. The van der Waals surface area contributed by atoms with Gasteiger partial charge in [0.1, 0.15) is 0 Å². The molecule has 2 atom stereocenters. The van der Waals surface area contributed by atoms with Crippen molar-refractivity contribution in [3.63, 3.8) is 0 Å². The molecule has 1 aliphatic rings. The zero-order valence-corrected chi connectivity index (χ0v) is 19.1.